The number of carbonyl (C=O) groups is 1. The van der Waals surface area contributed by atoms with E-state index >= 15 is 4.79 Å². The SMILES string of the molecule is COc1ccccc1NC(c1cc(C)n(C)n1)C(C(=O)C(c1c[nH]c2ccccc12)C(Nc1ccccc1OC)c1cc(C)n(C)n1)c1c[nH]c2ccccc12. The van der Waals surface area contributed by atoms with Crippen LogP contribution in [0.15, 0.2) is 122 Å². The van der Waals surface area contributed by atoms with Crippen LogP contribution in [0.5, 0.6) is 11.5 Å². The average Bonchev–Trinajstić information content (AvgIpc) is 4.00. The molecule has 8 rings (SSSR count). The van der Waals surface area contributed by atoms with E-state index in [1.807, 2.05) is 135 Å². The summed E-state index contributed by atoms with van der Waals surface area (Å²) in [6, 6.07) is 34.6. The molecule has 4 heterocycles. The van der Waals surface area contributed by atoms with Crippen LogP contribution >= 0.6 is 0 Å². The number of ether oxygens (including phenoxy) is 2. The van der Waals surface area contributed by atoms with E-state index in [2.05, 4.69) is 44.9 Å². The Labute approximate surface area is 325 Å². The molecule has 4 aromatic heterocycles. The summed E-state index contributed by atoms with van der Waals surface area (Å²) in [4.78, 5) is 23.5. The summed E-state index contributed by atoms with van der Waals surface area (Å²) in [5.74, 6) is -0.288. The Morgan fingerprint density at radius 1 is 0.607 bits per heavy atom. The first-order valence-corrected chi connectivity index (χ1v) is 18.7. The van der Waals surface area contributed by atoms with Crippen molar-refractivity contribution in [3.63, 3.8) is 0 Å². The number of fused-ring (bicyclic) bond motifs is 2. The highest BCUT2D eigenvalue weighted by atomic mass is 16.5. The van der Waals surface area contributed by atoms with E-state index in [9.17, 15) is 0 Å². The molecule has 0 aliphatic carbocycles. The third-order valence-electron chi connectivity index (χ3n) is 10.9. The topological polar surface area (TPSA) is 127 Å². The van der Waals surface area contributed by atoms with E-state index in [4.69, 9.17) is 19.7 Å². The molecule has 4 N–H and O–H groups in total. The van der Waals surface area contributed by atoms with Crippen molar-refractivity contribution in [1.29, 1.82) is 0 Å². The van der Waals surface area contributed by atoms with Gasteiger partial charge in [-0.05, 0) is 73.5 Å². The van der Waals surface area contributed by atoms with Crippen molar-refractivity contribution in [2.24, 2.45) is 14.1 Å². The molecule has 4 unspecified atom stereocenters. The molecule has 4 aromatic carbocycles. The molecule has 0 fully saturated rings. The van der Waals surface area contributed by atoms with Gasteiger partial charge >= 0.3 is 0 Å². The molecule has 56 heavy (non-hydrogen) atoms. The fourth-order valence-corrected chi connectivity index (χ4v) is 7.89. The van der Waals surface area contributed by atoms with Crippen molar-refractivity contribution < 1.29 is 14.3 Å². The van der Waals surface area contributed by atoms with E-state index in [0.29, 0.717) is 11.5 Å². The second-order valence-electron chi connectivity index (χ2n) is 14.2. The summed E-state index contributed by atoms with van der Waals surface area (Å²) in [5.41, 5.74) is 8.42. The first kappa shape index (κ1) is 36.2. The van der Waals surface area contributed by atoms with Crippen molar-refractivity contribution >= 4 is 39.0 Å². The number of hydrogen-bond donors (Lipinski definition) is 4. The summed E-state index contributed by atoms with van der Waals surface area (Å²) in [7, 11) is 7.15. The summed E-state index contributed by atoms with van der Waals surface area (Å²) in [6.07, 6.45) is 3.94. The van der Waals surface area contributed by atoms with Crippen LogP contribution in [0.25, 0.3) is 21.8 Å². The lowest BCUT2D eigenvalue weighted by Crippen LogP contribution is -2.35. The number of aryl methyl sites for hydroxylation is 4. The van der Waals surface area contributed by atoms with Gasteiger partial charge in [-0.3, -0.25) is 14.2 Å². The van der Waals surface area contributed by atoms with Crippen LogP contribution in [0, 0.1) is 13.8 Å². The molecule has 0 amide bonds. The highest BCUT2D eigenvalue weighted by Gasteiger charge is 2.44. The predicted molar refractivity (Wildman–Crippen MR) is 222 cm³/mol. The lowest BCUT2D eigenvalue weighted by atomic mass is 9.75. The number of Topliss-reactive ketones (excluding diaryl/α,β-unsaturated/α-hetero) is 1. The molecule has 4 atom stereocenters. The number of aromatic amines is 2. The van der Waals surface area contributed by atoms with Crippen molar-refractivity contribution in [1.82, 2.24) is 29.5 Å². The molecule has 0 aliphatic rings. The number of nitrogens with zero attached hydrogens (tertiary/aromatic N) is 4. The minimum atomic E-state index is -0.782. The van der Waals surface area contributed by atoms with Crippen molar-refractivity contribution in [3.8, 4) is 11.5 Å². The van der Waals surface area contributed by atoms with E-state index < -0.39 is 23.9 Å². The second kappa shape index (κ2) is 15.2. The van der Waals surface area contributed by atoms with Gasteiger partial charge in [0.05, 0.1) is 60.9 Å². The van der Waals surface area contributed by atoms with Crippen LogP contribution in [-0.4, -0.2) is 49.5 Å². The minimum Gasteiger partial charge on any atom is -0.495 e. The normalized spacial score (nSPS) is 13.7. The monoisotopic (exact) mass is 746 g/mol. The summed E-state index contributed by atoms with van der Waals surface area (Å²) >= 11 is 0. The third kappa shape index (κ3) is 6.65. The summed E-state index contributed by atoms with van der Waals surface area (Å²) < 4.78 is 15.4. The first-order chi connectivity index (χ1) is 27.2. The van der Waals surface area contributed by atoms with Gasteiger partial charge in [-0.15, -0.1) is 0 Å². The molecule has 0 saturated heterocycles. The zero-order valence-corrected chi connectivity index (χ0v) is 32.4. The quantitative estimate of drug-likeness (QED) is 0.0876. The fraction of sp³-hybridized carbons (Fsp3) is 0.222. The smallest absolute Gasteiger partial charge is 0.152 e. The van der Waals surface area contributed by atoms with Gasteiger partial charge in [-0.1, -0.05) is 60.7 Å². The Morgan fingerprint density at radius 3 is 1.39 bits per heavy atom. The maximum Gasteiger partial charge on any atom is 0.152 e. The van der Waals surface area contributed by atoms with Gasteiger partial charge in [0.1, 0.15) is 11.5 Å². The number of H-pyrrole nitrogens is 2. The number of ketones is 1. The fourth-order valence-electron chi connectivity index (χ4n) is 7.89. The zero-order chi connectivity index (χ0) is 38.9. The Bertz CT molecular complexity index is 2430. The predicted octanol–water partition coefficient (Wildman–Crippen LogP) is 8.89. The Balaban J connectivity index is 1.41. The van der Waals surface area contributed by atoms with Crippen molar-refractivity contribution in [2.45, 2.75) is 37.8 Å². The average molecular weight is 747 g/mol. The van der Waals surface area contributed by atoms with Gasteiger partial charge < -0.3 is 30.1 Å². The molecule has 0 bridgehead atoms. The van der Waals surface area contributed by atoms with Crippen LogP contribution in [0.2, 0.25) is 0 Å². The number of benzene rings is 4. The van der Waals surface area contributed by atoms with Crippen molar-refractivity contribution in [3.05, 3.63) is 155 Å². The number of aromatic nitrogens is 6. The van der Waals surface area contributed by atoms with E-state index in [1.165, 1.54) is 0 Å². The highest BCUT2D eigenvalue weighted by molar-refractivity contribution is 6.01. The number of anilines is 2. The molecular weight excluding hydrogens is 701 g/mol. The number of nitrogens with one attached hydrogen (secondary N) is 4. The van der Waals surface area contributed by atoms with E-state index in [0.717, 1.165) is 67.1 Å². The largest absolute Gasteiger partial charge is 0.495 e. The molecule has 8 aromatic rings. The van der Waals surface area contributed by atoms with Gasteiger partial charge in [0.15, 0.2) is 5.78 Å². The molecule has 0 spiro atoms. The molecule has 11 heteroatoms. The van der Waals surface area contributed by atoms with Crippen LogP contribution in [0.3, 0.4) is 0 Å². The first-order valence-electron chi connectivity index (χ1n) is 18.7. The second-order valence-corrected chi connectivity index (χ2v) is 14.2. The molecule has 0 saturated carbocycles. The number of carbonyl (C=O) groups excluding carboxylic acids is 1. The summed E-state index contributed by atoms with van der Waals surface area (Å²) in [6.45, 7) is 4.04. The van der Waals surface area contributed by atoms with Crippen LogP contribution in [0.4, 0.5) is 11.4 Å². The molecule has 11 nitrogen and oxygen atoms in total. The minimum absolute atomic E-state index is 0.0362. The van der Waals surface area contributed by atoms with Crippen molar-refractivity contribution in [2.75, 3.05) is 24.9 Å². The van der Waals surface area contributed by atoms with Gasteiger partial charge in [0.25, 0.3) is 0 Å². The van der Waals surface area contributed by atoms with Gasteiger partial charge in [-0.2, -0.15) is 10.2 Å². The zero-order valence-electron chi connectivity index (χ0n) is 32.4. The van der Waals surface area contributed by atoms with E-state index in [1.54, 1.807) is 14.2 Å². The maximum atomic E-state index is 16.6. The number of rotatable bonds is 14. The Hall–Kier alpha value is -6.75. The molecular formula is C45H46N8O3. The van der Waals surface area contributed by atoms with Gasteiger partial charge in [-0.25, -0.2) is 0 Å². The molecule has 284 valence electrons. The van der Waals surface area contributed by atoms with Crippen LogP contribution in [-0.2, 0) is 18.9 Å². The lowest BCUT2D eigenvalue weighted by molar-refractivity contribution is -0.122. The number of methoxy groups -OCH3 is 2. The Morgan fingerprint density at radius 2 is 1.00 bits per heavy atom. The number of hydrogen-bond acceptors (Lipinski definition) is 7. The third-order valence-corrected chi connectivity index (χ3v) is 10.9. The summed E-state index contributed by atoms with van der Waals surface area (Å²) in [5, 5.41) is 19.5. The van der Waals surface area contributed by atoms with Crippen LogP contribution < -0.4 is 20.1 Å². The number of para-hydroxylation sites is 6. The standard InChI is InChI=1S/C45H46N8O3/c1-27-23-37(50-52(27)3)43(48-35-19-11-13-21-39(35)55-5)41(31-25-46-33-17-9-7-15-29(31)33)45(54)42(32-26-47-34-18-10-8-16-30(32)34)44(38-24-28(2)53(4)51-38)49-36-20-12-14-22-40(36)56-6/h7-26,41-44,46-49H,1-6H3. The molecule has 0 radical (unpaired) electrons. The van der Waals surface area contributed by atoms with Gasteiger partial charge in [0, 0.05) is 59.7 Å². The molecule has 0 aliphatic heterocycles. The highest BCUT2D eigenvalue weighted by Crippen LogP contribution is 2.47. The lowest BCUT2D eigenvalue weighted by Gasteiger charge is -2.34. The van der Waals surface area contributed by atoms with Gasteiger partial charge in [0.2, 0.25) is 0 Å². The van der Waals surface area contributed by atoms with E-state index in [-0.39, 0.29) is 5.78 Å². The van der Waals surface area contributed by atoms with Crippen LogP contribution in [0.1, 0.15) is 57.8 Å². The Kier molecular flexibility index (Phi) is 9.82. The maximum absolute atomic E-state index is 16.6.